The molecule has 0 radical (unpaired) electrons. The molecule has 0 unspecified atom stereocenters. The van der Waals surface area contributed by atoms with E-state index in [9.17, 15) is 9.59 Å². The highest BCUT2D eigenvalue weighted by Gasteiger charge is 2.45. The van der Waals surface area contributed by atoms with Gasteiger partial charge >= 0.3 is 0 Å². The monoisotopic (exact) mass is 379 g/mol. The summed E-state index contributed by atoms with van der Waals surface area (Å²) in [4.78, 5) is 26.9. The lowest BCUT2D eigenvalue weighted by atomic mass is 9.94. The summed E-state index contributed by atoms with van der Waals surface area (Å²) in [7, 11) is 0. The highest BCUT2D eigenvalue weighted by atomic mass is 35.5. The molecule has 144 valence electrons. The Labute approximate surface area is 162 Å². The highest BCUT2D eigenvalue weighted by Crippen LogP contribution is 2.27. The summed E-state index contributed by atoms with van der Waals surface area (Å²) in [6, 6.07) is 9.90. The second-order valence-electron chi connectivity index (χ2n) is 7.30. The summed E-state index contributed by atoms with van der Waals surface area (Å²) in [5.41, 5.74) is 0.815. The number of carbonyl (C=O) groups excluding carboxylic acids is 2. The lowest BCUT2D eigenvalue weighted by molar-refractivity contribution is -0.137. The summed E-state index contributed by atoms with van der Waals surface area (Å²) >= 11 is 0. The fourth-order valence-electron chi connectivity index (χ4n) is 4.03. The van der Waals surface area contributed by atoms with Crippen molar-refractivity contribution in [2.24, 2.45) is 5.92 Å². The molecule has 2 N–H and O–H groups in total. The number of nitrogens with zero attached hydrogens (tertiary/aromatic N) is 1. The number of likely N-dealkylation sites (tertiary alicyclic amines) is 1. The maximum atomic E-state index is 12.6. The third kappa shape index (κ3) is 4.38. The van der Waals surface area contributed by atoms with Gasteiger partial charge < -0.3 is 10.2 Å². The number of amides is 2. The molecule has 0 saturated carbocycles. The average Bonchev–Trinajstić information content (AvgIpc) is 2.92. The van der Waals surface area contributed by atoms with Gasteiger partial charge in [-0.25, -0.2) is 0 Å². The summed E-state index contributed by atoms with van der Waals surface area (Å²) in [5.74, 6) is 0.472. The first-order valence-electron chi connectivity index (χ1n) is 9.49. The number of nitrogens with one attached hydrogen (secondary N) is 2. The highest BCUT2D eigenvalue weighted by molar-refractivity contribution is 5.86. The predicted octanol–water partition coefficient (Wildman–Crippen LogP) is 2.49. The summed E-state index contributed by atoms with van der Waals surface area (Å²) in [5, 5.41) is 6.69. The molecule has 1 atom stereocenters. The third-order valence-electron chi connectivity index (χ3n) is 5.68. The molecule has 2 aliphatic rings. The third-order valence-corrected chi connectivity index (χ3v) is 5.68. The van der Waals surface area contributed by atoms with Crippen LogP contribution < -0.4 is 10.6 Å². The Balaban J connectivity index is 0.00000243. The molecule has 3 rings (SSSR count). The molecule has 1 aromatic rings. The van der Waals surface area contributed by atoms with E-state index >= 15 is 0 Å². The van der Waals surface area contributed by atoms with Crippen molar-refractivity contribution in [2.45, 2.75) is 57.7 Å². The molecule has 2 aliphatic heterocycles. The first-order chi connectivity index (χ1) is 12.1. The van der Waals surface area contributed by atoms with E-state index in [0.29, 0.717) is 19.5 Å². The van der Waals surface area contributed by atoms with Gasteiger partial charge in [-0.15, -0.1) is 12.4 Å². The lowest BCUT2D eigenvalue weighted by Gasteiger charge is -2.40. The molecular formula is C20H30ClN3O2. The molecule has 0 aromatic heterocycles. The number of halogens is 1. The first kappa shape index (κ1) is 20.7. The molecule has 1 aromatic carbocycles. The van der Waals surface area contributed by atoms with Crippen molar-refractivity contribution in [1.82, 2.24) is 15.5 Å². The minimum absolute atomic E-state index is 0. The maximum Gasteiger partial charge on any atom is 0.238 e. The fourth-order valence-corrected chi connectivity index (χ4v) is 4.03. The van der Waals surface area contributed by atoms with Crippen molar-refractivity contribution in [3.05, 3.63) is 35.9 Å². The number of benzene rings is 1. The predicted molar refractivity (Wildman–Crippen MR) is 105 cm³/mol. The van der Waals surface area contributed by atoms with Gasteiger partial charge in [0.05, 0.1) is 11.7 Å². The molecule has 6 heteroatoms. The van der Waals surface area contributed by atoms with E-state index in [-0.39, 0.29) is 41.8 Å². The summed E-state index contributed by atoms with van der Waals surface area (Å²) in [6.45, 7) is 5.57. The van der Waals surface area contributed by atoms with Crippen molar-refractivity contribution in [3.8, 4) is 0 Å². The number of hydrogen-bond acceptors (Lipinski definition) is 3. The Hall–Kier alpha value is -1.59. The SMILES string of the molecule is CCC(CC)C(=O)N1CCC2(CC1)NC(=O)[C@H](Cc1ccccc1)N2.Cl. The Morgan fingerprint density at radius 2 is 1.81 bits per heavy atom. The van der Waals surface area contributed by atoms with E-state index in [0.717, 1.165) is 31.2 Å². The van der Waals surface area contributed by atoms with Crippen LogP contribution in [-0.2, 0) is 16.0 Å². The van der Waals surface area contributed by atoms with Crippen molar-refractivity contribution < 1.29 is 9.59 Å². The molecule has 26 heavy (non-hydrogen) atoms. The van der Waals surface area contributed by atoms with Crippen molar-refractivity contribution in [1.29, 1.82) is 0 Å². The van der Waals surface area contributed by atoms with Gasteiger partial charge in [-0.05, 0) is 24.8 Å². The standard InChI is InChI=1S/C20H29N3O2.ClH/c1-3-16(4-2)19(25)23-12-10-20(11-13-23)21-17(18(24)22-20)14-15-8-6-5-7-9-15;/h5-9,16-17,21H,3-4,10-14H2,1-2H3,(H,22,24);1H/t17-;/m0./s1. The Kier molecular flexibility index (Phi) is 7.07. The van der Waals surface area contributed by atoms with Crippen LogP contribution in [0.25, 0.3) is 0 Å². The van der Waals surface area contributed by atoms with Crippen molar-refractivity contribution in [2.75, 3.05) is 13.1 Å². The second-order valence-corrected chi connectivity index (χ2v) is 7.30. The number of hydrogen-bond donors (Lipinski definition) is 2. The van der Waals surface area contributed by atoms with E-state index in [1.807, 2.05) is 23.1 Å². The maximum absolute atomic E-state index is 12.6. The molecule has 2 fully saturated rings. The molecule has 0 aliphatic carbocycles. The molecule has 1 spiro atoms. The number of carbonyl (C=O) groups is 2. The number of piperidine rings is 1. The van der Waals surface area contributed by atoms with Crippen LogP contribution in [-0.4, -0.2) is 41.5 Å². The van der Waals surface area contributed by atoms with Gasteiger partial charge in [0.25, 0.3) is 0 Å². The fraction of sp³-hybridized carbons (Fsp3) is 0.600. The van der Waals surface area contributed by atoms with Crippen LogP contribution in [0.2, 0.25) is 0 Å². The van der Waals surface area contributed by atoms with Crippen LogP contribution in [0.15, 0.2) is 30.3 Å². The van der Waals surface area contributed by atoms with E-state index in [2.05, 4.69) is 36.6 Å². The molecule has 2 heterocycles. The van der Waals surface area contributed by atoms with Gasteiger partial charge in [-0.2, -0.15) is 0 Å². The second kappa shape index (κ2) is 8.87. The van der Waals surface area contributed by atoms with Crippen molar-refractivity contribution in [3.63, 3.8) is 0 Å². The summed E-state index contributed by atoms with van der Waals surface area (Å²) in [6.07, 6.45) is 4.03. The average molecular weight is 380 g/mol. The van der Waals surface area contributed by atoms with E-state index in [4.69, 9.17) is 0 Å². The number of rotatable bonds is 5. The van der Waals surface area contributed by atoms with Crippen LogP contribution >= 0.6 is 12.4 Å². The molecule has 2 saturated heterocycles. The van der Waals surface area contributed by atoms with Crippen molar-refractivity contribution >= 4 is 24.2 Å². The Bertz CT molecular complexity index is 611. The molecule has 0 bridgehead atoms. The van der Waals surface area contributed by atoms with Gasteiger partial charge in [0.15, 0.2) is 0 Å². The van der Waals surface area contributed by atoms with Gasteiger partial charge in [-0.3, -0.25) is 14.9 Å². The van der Waals surface area contributed by atoms with E-state index < -0.39 is 0 Å². The first-order valence-corrected chi connectivity index (χ1v) is 9.49. The minimum Gasteiger partial charge on any atom is -0.342 e. The van der Waals surface area contributed by atoms with Crippen LogP contribution in [0.1, 0.15) is 45.1 Å². The molecule has 2 amide bonds. The van der Waals surface area contributed by atoms with Gasteiger partial charge in [0.2, 0.25) is 11.8 Å². The van der Waals surface area contributed by atoms with Crippen LogP contribution in [0.4, 0.5) is 0 Å². The molecular weight excluding hydrogens is 350 g/mol. The normalized spacial score (nSPS) is 21.6. The van der Waals surface area contributed by atoms with Gasteiger partial charge in [0, 0.05) is 31.8 Å². The smallest absolute Gasteiger partial charge is 0.238 e. The van der Waals surface area contributed by atoms with E-state index in [1.165, 1.54) is 0 Å². The Morgan fingerprint density at radius 1 is 1.19 bits per heavy atom. The lowest BCUT2D eigenvalue weighted by Crippen LogP contribution is -2.58. The van der Waals surface area contributed by atoms with Gasteiger partial charge in [-0.1, -0.05) is 44.2 Å². The topological polar surface area (TPSA) is 61.4 Å². The zero-order valence-corrected chi connectivity index (χ0v) is 16.5. The quantitative estimate of drug-likeness (QED) is 0.826. The van der Waals surface area contributed by atoms with Gasteiger partial charge in [0.1, 0.15) is 0 Å². The largest absolute Gasteiger partial charge is 0.342 e. The zero-order chi connectivity index (χ0) is 17.9. The van der Waals surface area contributed by atoms with Crippen LogP contribution in [0.3, 0.4) is 0 Å². The Morgan fingerprint density at radius 3 is 2.38 bits per heavy atom. The zero-order valence-electron chi connectivity index (χ0n) is 15.7. The minimum atomic E-state index is -0.346. The van der Waals surface area contributed by atoms with Crippen LogP contribution in [0, 0.1) is 5.92 Å². The molecule has 5 nitrogen and oxygen atoms in total. The van der Waals surface area contributed by atoms with Crippen LogP contribution in [0.5, 0.6) is 0 Å². The summed E-state index contributed by atoms with van der Waals surface area (Å²) < 4.78 is 0. The van der Waals surface area contributed by atoms with E-state index in [1.54, 1.807) is 0 Å².